The Morgan fingerprint density at radius 1 is 1.50 bits per heavy atom. The number of likely N-dealkylation sites (tertiary alicyclic amines) is 1. The van der Waals surface area contributed by atoms with Crippen molar-refractivity contribution in [3.8, 4) is 0 Å². The molecular weight excluding hydrogens is 268 g/mol. The quantitative estimate of drug-likeness (QED) is 0.830. The predicted molar refractivity (Wildman–Crippen MR) is 82.0 cm³/mol. The maximum absolute atomic E-state index is 5.47. The molecule has 20 heavy (non-hydrogen) atoms. The van der Waals surface area contributed by atoms with E-state index in [1.807, 2.05) is 11.3 Å². The fourth-order valence-electron chi connectivity index (χ4n) is 2.83. The van der Waals surface area contributed by atoms with Crippen molar-refractivity contribution in [2.45, 2.75) is 52.1 Å². The summed E-state index contributed by atoms with van der Waals surface area (Å²) in [5.74, 6) is 1.41. The van der Waals surface area contributed by atoms with Crippen molar-refractivity contribution in [1.82, 2.24) is 10.1 Å². The van der Waals surface area contributed by atoms with Gasteiger partial charge in [-0.2, -0.15) is 0 Å². The van der Waals surface area contributed by atoms with Crippen LogP contribution in [-0.2, 0) is 6.54 Å². The standard InChI is InChI=1S/C16H22N2OS/c1-11(2)15-9-13(17-19-15)14-5-4-7-18(14)10-16-12(3)6-8-20-16/h6,8-9,11,14H,4-5,7,10H2,1-3H3. The molecule has 0 bridgehead atoms. The highest BCUT2D eigenvalue weighted by atomic mass is 32.1. The van der Waals surface area contributed by atoms with Crippen LogP contribution in [-0.4, -0.2) is 16.6 Å². The molecule has 2 aromatic rings. The van der Waals surface area contributed by atoms with Crippen molar-refractivity contribution in [3.05, 3.63) is 39.4 Å². The van der Waals surface area contributed by atoms with Gasteiger partial charge in [0.2, 0.25) is 0 Å². The summed E-state index contributed by atoms with van der Waals surface area (Å²) in [5.41, 5.74) is 2.52. The Hall–Kier alpha value is -1.13. The highest BCUT2D eigenvalue weighted by Crippen LogP contribution is 2.34. The Kier molecular flexibility index (Phi) is 3.94. The first-order chi connectivity index (χ1) is 9.65. The van der Waals surface area contributed by atoms with Gasteiger partial charge in [-0.1, -0.05) is 19.0 Å². The highest BCUT2D eigenvalue weighted by molar-refractivity contribution is 7.10. The Bertz CT molecular complexity index is 573. The van der Waals surface area contributed by atoms with Gasteiger partial charge in [-0.25, -0.2) is 0 Å². The first-order valence-electron chi connectivity index (χ1n) is 7.38. The minimum Gasteiger partial charge on any atom is -0.361 e. The predicted octanol–water partition coefficient (Wildman–Crippen LogP) is 4.51. The molecule has 1 fully saturated rings. The molecule has 0 aromatic carbocycles. The van der Waals surface area contributed by atoms with Crippen LogP contribution in [0.15, 0.2) is 22.0 Å². The largest absolute Gasteiger partial charge is 0.361 e. The van der Waals surface area contributed by atoms with Crippen molar-refractivity contribution in [1.29, 1.82) is 0 Å². The van der Waals surface area contributed by atoms with Crippen molar-refractivity contribution in [2.24, 2.45) is 0 Å². The van der Waals surface area contributed by atoms with Gasteiger partial charge in [0.1, 0.15) is 11.5 Å². The van der Waals surface area contributed by atoms with Crippen molar-refractivity contribution in [3.63, 3.8) is 0 Å². The van der Waals surface area contributed by atoms with Gasteiger partial charge < -0.3 is 4.52 Å². The molecule has 1 aliphatic rings. The third-order valence-electron chi connectivity index (χ3n) is 4.14. The van der Waals surface area contributed by atoms with Gasteiger partial charge in [0.15, 0.2) is 0 Å². The molecule has 1 unspecified atom stereocenters. The number of aryl methyl sites for hydroxylation is 1. The zero-order valence-electron chi connectivity index (χ0n) is 12.4. The molecule has 2 aromatic heterocycles. The van der Waals surface area contributed by atoms with E-state index in [1.165, 1.54) is 23.3 Å². The van der Waals surface area contributed by atoms with Crippen LogP contribution >= 0.6 is 11.3 Å². The molecule has 3 heterocycles. The monoisotopic (exact) mass is 290 g/mol. The summed E-state index contributed by atoms with van der Waals surface area (Å²) in [4.78, 5) is 4.02. The van der Waals surface area contributed by atoms with E-state index >= 15 is 0 Å². The molecule has 1 saturated heterocycles. The van der Waals surface area contributed by atoms with Crippen molar-refractivity contribution in [2.75, 3.05) is 6.54 Å². The van der Waals surface area contributed by atoms with Gasteiger partial charge >= 0.3 is 0 Å². The molecule has 108 valence electrons. The van der Waals surface area contributed by atoms with Gasteiger partial charge in [0, 0.05) is 23.4 Å². The molecule has 3 nitrogen and oxygen atoms in total. The smallest absolute Gasteiger partial charge is 0.139 e. The fourth-order valence-corrected chi connectivity index (χ4v) is 3.76. The Morgan fingerprint density at radius 3 is 3.00 bits per heavy atom. The van der Waals surface area contributed by atoms with Crippen molar-refractivity contribution >= 4 is 11.3 Å². The van der Waals surface area contributed by atoms with E-state index in [0.717, 1.165) is 24.5 Å². The van der Waals surface area contributed by atoms with Crippen LogP contribution in [0.3, 0.4) is 0 Å². The second-order valence-corrected chi connectivity index (χ2v) is 6.96. The summed E-state index contributed by atoms with van der Waals surface area (Å²) >= 11 is 1.86. The summed E-state index contributed by atoms with van der Waals surface area (Å²) in [5, 5.41) is 6.49. The summed E-state index contributed by atoms with van der Waals surface area (Å²) < 4.78 is 5.47. The minimum absolute atomic E-state index is 0.408. The third kappa shape index (κ3) is 2.67. The topological polar surface area (TPSA) is 29.3 Å². The lowest BCUT2D eigenvalue weighted by Gasteiger charge is -2.22. The summed E-state index contributed by atoms with van der Waals surface area (Å²) in [6.45, 7) is 8.69. The fraction of sp³-hybridized carbons (Fsp3) is 0.562. The van der Waals surface area contributed by atoms with E-state index in [0.29, 0.717) is 12.0 Å². The van der Waals surface area contributed by atoms with E-state index in [-0.39, 0.29) is 0 Å². The lowest BCUT2D eigenvalue weighted by Crippen LogP contribution is -2.22. The van der Waals surface area contributed by atoms with Crippen molar-refractivity contribution < 1.29 is 4.52 Å². The number of hydrogen-bond acceptors (Lipinski definition) is 4. The summed E-state index contributed by atoms with van der Waals surface area (Å²) in [6, 6.07) is 4.78. The van der Waals surface area contributed by atoms with Crippen LogP contribution in [0.25, 0.3) is 0 Å². The van der Waals surface area contributed by atoms with Gasteiger partial charge in [0.05, 0.1) is 6.04 Å². The second-order valence-electron chi connectivity index (χ2n) is 5.96. The van der Waals surface area contributed by atoms with Crippen LogP contribution in [0, 0.1) is 6.92 Å². The van der Waals surface area contributed by atoms with Gasteiger partial charge in [-0.15, -0.1) is 11.3 Å². The number of rotatable bonds is 4. The SMILES string of the molecule is Cc1ccsc1CN1CCCC1c1cc(C(C)C)on1. The van der Waals surface area contributed by atoms with Crippen LogP contribution in [0.4, 0.5) is 0 Å². The number of thiophene rings is 1. The Labute approximate surface area is 124 Å². The van der Waals surface area contributed by atoms with Gasteiger partial charge in [-0.05, 0) is 43.3 Å². The molecule has 1 atom stereocenters. The van der Waals surface area contributed by atoms with Crippen LogP contribution in [0.1, 0.15) is 60.5 Å². The normalized spacial score (nSPS) is 20.1. The molecule has 0 radical (unpaired) electrons. The zero-order valence-corrected chi connectivity index (χ0v) is 13.2. The molecule has 0 spiro atoms. The lowest BCUT2D eigenvalue weighted by molar-refractivity contribution is 0.237. The molecular formula is C16H22N2OS. The van der Waals surface area contributed by atoms with Crippen LogP contribution < -0.4 is 0 Å². The number of hydrogen-bond donors (Lipinski definition) is 0. The Balaban J connectivity index is 1.76. The van der Waals surface area contributed by atoms with E-state index in [9.17, 15) is 0 Å². The molecule has 0 aliphatic carbocycles. The van der Waals surface area contributed by atoms with E-state index in [1.54, 1.807) is 0 Å². The third-order valence-corrected chi connectivity index (χ3v) is 5.14. The zero-order chi connectivity index (χ0) is 14.1. The average Bonchev–Trinajstić information content (AvgIpc) is 3.11. The van der Waals surface area contributed by atoms with Gasteiger partial charge in [-0.3, -0.25) is 4.90 Å². The molecule has 1 aliphatic heterocycles. The first-order valence-corrected chi connectivity index (χ1v) is 8.26. The highest BCUT2D eigenvalue weighted by Gasteiger charge is 2.29. The molecule has 3 rings (SSSR count). The molecule has 0 saturated carbocycles. The number of aromatic nitrogens is 1. The number of nitrogens with zero attached hydrogens (tertiary/aromatic N) is 2. The molecule has 0 N–H and O–H groups in total. The summed E-state index contributed by atoms with van der Waals surface area (Å²) in [7, 11) is 0. The molecule has 4 heteroatoms. The average molecular weight is 290 g/mol. The minimum atomic E-state index is 0.408. The van der Waals surface area contributed by atoms with E-state index in [2.05, 4.69) is 48.3 Å². The van der Waals surface area contributed by atoms with Crippen LogP contribution in [0.5, 0.6) is 0 Å². The summed E-state index contributed by atoms with van der Waals surface area (Å²) in [6.07, 6.45) is 2.44. The van der Waals surface area contributed by atoms with E-state index in [4.69, 9.17) is 4.52 Å². The maximum Gasteiger partial charge on any atom is 0.139 e. The lowest BCUT2D eigenvalue weighted by atomic mass is 10.1. The first kappa shape index (κ1) is 13.8. The maximum atomic E-state index is 5.47. The van der Waals surface area contributed by atoms with E-state index < -0.39 is 0 Å². The van der Waals surface area contributed by atoms with Crippen LogP contribution in [0.2, 0.25) is 0 Å². The van der Waals surface area contributed by atoms with Gasteiger partial charge in [0.25, 0.3) is 0 Å². The second kappa shape index (κ2) is 5.70. The Morgan fingerprint density at radius 2 is 2.35 bits per heavy atom. The molecule has 0 amide bonds.